The minimum absolute atomic E-state index is 0.519. The smallest absolute Gasteiger partial charge is 0.135 e. The summed E-state index contributed by atoms with van der Waals surface area (Å²) >= 11 is 0. The summed E-state index contributed by atoms with van der Waals surface area (Å²) < 4.78 is 12.6. The lowest BCUT2D eigenvalue weighted by Gasteiger charge is -2.37. The molecule has 1 fully saturated rings. The minimum atomic E-state index is -0.656. The summed E-state index contributed by atoms with van der Waals surface area (Å²) in [6.07, 6.45) is -0.656. The maximum absolute atomic E-state index is 12.6. The van der Waals surface area contributed by atoms with Crippen LogP contribution < -0.4 is 10.6 Å². The number of nitrogens with two attached hydrogens (primary N) is 1. The number of benzene rings is 1. The summed E-state index contributed by atoms with van der Waals surface area (Å²) in [6.45, 7) is 3.03. The third kappa shape index (κ3) is 1.46. The van der Waals surface area contributed by atoms with Gasteiger partial charge in [0.2, 0.25) is 0 Å². The molecule has 0 unspecified atom stereocenters. The van der Waals surface area contributed by atoms with Gasteiger partial charge >= 0.3 is 0 Å². The molecule has 0 saturated carbocycles. The van der Waals surface area contributed by atoms with Crippen molar-refractivity contribution in [3.63, 3.8) is 0 Å². The number of aryl methyl sites for hydroxylation is 1. The van der Waals surface area contributed by atoms with E-state index in [-0.39, 0.29) is 0 Å². The Morgan fingerprint density at radius 3 is 2.69 bits per heavy atom. The van der Waals surface area contributed by atoms with Crippen molar-refractivity contribution in [2.24, 2.45) is 0 Å². The highest BCUT2D eigenvalue weighted by Gasteiger charge is 2.26. The second-order valence-electron chi connectivity index (χ2n) is 3.55. The molecule has 2 nitrogen and oxygen atoms in total. The summed E-state index contributed by atoms with van der Waals surface area (Å²) in [6, 6.07) is 5.73. The van der Waals surface area contributed by atoms with E-state index in [0.29, 0.717) is 13.1 Å². The highest BCUT2D eigenvalue weighted by molar-refractivity contribution is 5.60. The van der Waals surface area contributed by atoms with Gasteiger partial charge in [-0.1, -0.05) is 0 Å². The molecule has 0 spiro atoms. The summed E-state index contributed by atoms with van der Waals surface area (Å²) in [5.74, 6) is 0. The fourth-order valence-electron chi connectivity index (χ4n) is 1.65. The van der Waals surface area contributed by atoms with E-state index in [9.17, 15) is 4.39 Å². The summed E-state index contributed by atoms with van der Waals surface area (Å²) in [4.78, 5) is 2.03. The molecule has 1 aliphatic rings. The van der Waals surface area contributed by atoms with E-state index in [1.807, 2.05) is 30.0 Å². The highest BCUT2D eigenvalue weighted by atomic mass is 19.1. The Kier molecular flexibility index (Phi) is 1.87. The molecule has 0 aromatic heterocycles. The van der Waals surface area contributed by atoms with Crippen LogP contribution in [0.25, 0.3) is 0 Å². The molecule has 2 N–H and O–H groups in total. The van der Waals surface area contributed by atoms with Crippen molar-refractivity contribution in [2.75, 3.05) is 23.7 Å². The average Bonchev–Trinajstić information content (AvgIpc) is 2.00. The monoisotopic (exact) mass is 180 g/mol. The van der Waals surface area contributed by atoms with Gasteiger partial charge in [0.15, 0.2) is 0 Å². The Morgan fingerprint density at radius 1 is 1.46 bits per heavy atom. The van der Waals surface area contributed by atoms with E-state index in [1.54, 1.807) is 0 Å². The standard InChI is InChI=1S/C10H13FN2/c1-7-4-9(12)2-3-10(7)13-5-8(11)6-13/h2-4,8H,5-6,12H2,1H3. The van der Waals surface area contributed by atoms with Crippen LogP contribution in [0, 0.1) is 6.92 Å². The van der Waals surface area contributed by atoms with Gasteiger partial charge in [-0.25, -0.2) is 4.39 Å². The Morgan fingerprint density at radius 2 is 2.15 bits per heavy atom. The van der Waals surface area contributed by atoms with Gasteiger partial charge in [0, 0.05) is 11.4 Å². The van der Waals surface area contributed by atoms with Gasteiger partial charge in [-0.3, -0.25) is 0 Å². The van der Waals surface area contributed by atoms with Gasteiger partial charge in [-0.2, -0.15) is 0 Å². The summed E-state index contributed by atoms with van der Waals surface area (Å²) in [5.41, 5.74) is 8.60. The first-order valence-electron chi connectivity index (χ1n) is 4.42. The van der Waals surface area contributed by atoms with Crippen molar-refractivity contribution in [3.05, 3.63) is 23.8 Å². The van der Waals surface area contributed by atoms with E-state index in [2.05, 4.69) is 0 Å². The minimum Gasteiger partial charge on any atom is -0.399 e. The van der Waals surface area contributed by atoms with Gasteiger partial charge in [0.25, 0.3) is 0 Å². The number of alkyl halides is 1. The van der Waals surface area contributed by atoms with Crippen LogP contribution in [0.1, 0.15) is 5.56 Å². The highest BCUT2D eigenvalue weighted by Crippen LogP contribution is 2.27. The van der Waals surface area contributed by atoms with Crippen LogP contribution >= 0.6 is 0 Å². The Labute approximate surface area is 77.2 Å². The quantitative estimate of drug-likeness (QED) is 0.667. The maximum atomic E-state index is 12.6. The van der Waals surface area contributed by atoms with Crippen molar-refractivity contribution in [1.29, 1.82) is 0 Å². The molecule has 1 aliphatic heterocycles. The van der Waals surface area contributed by atoms with Crippen LogP contribution in [0.5, 0.6) is 0 Å². The van der Waals surface area contributed by atoms with Crippen molar-refractivity contribution >= 4 is 11.4 Å². The molecule has 0 aliphatic carbocycles. The first-order chi connectivity index (χ1) is 6.16. The van der Waals surface area contributed by atoms with Gasteiger partial charge in [0.1, 0.15) is 6.17 Å². The van der Waals surface area contributed by atoms with Crippen LogP contribution in [0.15, 0.2) is 18.2 Å². The first-order valence-corrected chi connectivity index (χ1v) is 4.42. The number of rotatable bonds is 1. The molecule has 0 amide bonds. The Bertz CT molecular complexity index is 319. The lowest BCUT2D eigenvalue weighted by Crippen LogP contribution is -2.48. The molecular weight excluding hydrogens is 167 g/mol. The predicted molar refractivity (Wildman–Crippen MR) is 52.7 cm³/mol. The first kappa shape index (κ1) is 8.35. The van der Waals surface area contributed by atoms with Crippen molar-refractivity contribution in [2.45, 2.75) is 13.1 Å². The van der Waals surface area contributed by atoms with Crippen LogP contribution in [0.4, 0.5) is 15.8 Å². The van der Waals surface area contributed by atoms with Gasteiger partial charge in [-0.15, -0.1) is 0 Å². The van der Waals surface area contributed by atoms with Crippen LogP contribution in [-0.4, -0.2) is 19.3 Å². The van der Waals surface area contributed by atoms with Crippen molar-refractivity contribution in [1.82, 2.24) is 0 Å². The zero-order chi connectivity index (χ0) is 9.42. The maximum Gasteiger partial charge on any atom is 0.135 e. The topological polar surface area (TPSA) is 29.3 Å². The third-order valence-electron chi connectivity index (χ3n) is 2.40. The zero-order valence-corrected chi connectivity index (χ0v) is 7.63. The zero-order valence-electron chi connectivity index (χ0n) is 7.63. The van der Waals surface area contributed by atoms with Gasteiger partial charge in [0.05, 0.1) is 13.1 Å². The molecule has 3 heteroatoms. The molecule has 70 valence electrons. The van der Waals surface area contributed by atoms with Gasteiger partial charge in [-0.05, 0) is 30.7 Å². The molecule has 13 heavy (non-hydrogen) atoms. The molecule has 0 radical (unpaired) electrons. The molecule has 2 rings (SSSR count). The van der Waals surface area contributed by atoms with Crippen molar-refractivity contribution in [3.8, 4) is 0 Å². The number of hydrogen-bond acceptors (Lipinski definition) is 2. The fourth-order valence-corrected chi connectivity index (χ4v) is 1.65. The molecule has 1 heterocycles. The van der Waals surface area contributed by atoms with Crippen LogP contribution in [-0.2, 0) is 0 Å². The molecule has 0 atom stereocenters. The fraction of sp³-hybridized carbons (Fsp3) is 0.400. The number of nitrogen functional groups attached to an aromatic ring is 1. The van der Waals surface area contributed by atoms with E-state index < -0.39 is 6.17 Å². The Hall–Kier alpha value is -1.25. The second kappa shape index (κ2) is 2.91. The number of halogens is 1. The number of hydrogen-bond donors (Lipinski definition) is 1. The van der Waals surface area contributed by atoms with E-state index in [4.69, 9.17) is 5.73 Å². The van der Waals surface area contributed by atoms with Gasteiger partial charge < -0.3 is 10.6 Å². The molecular formula is C10H13FN2. The third-order valence-corrected chi connectivity index (χ3v) is 2.40. The lowest BCUT2D eigenvalue weighted by atomic mass is 10.1. The average molecular weight is 180 g/mol. The normalized spacial score (nSPS) is 17.2. The van der Waals surface area contributed by atoms with E-state index in [1.165, 1.54) is 0 Å². The van der Waals surface area contributed by atoms with E-state index >= 15 is 0 Å². The molecule has 1 aromatic rings. The summed E-state index contributed by atoms with van der Waals surface area (Å²) in [7, 11) is 0. The largest absolute Gasteiger partial charge is 0.399 e. The predicted octanol–water partition coefficient (Wildman–Crippen LogP) is 1.74. The van der Waals surface area contributed by atoms with Crippen LogP contribution in [0.3, 0.4) is 0 Å². The lowest BCUT2D eigenvalue weighted by molar-refractivity contribution is 0.274. The van der Waals surface area contributed by atoms with Crippen molar-refractivity contribution < 1.29 is 4.39 Å². The SMILES string of the molecule is Cc1cc(N)ccc1N1CC(F)C1. The van der Waals surface area contributed by atoms with Crippen LogP contribution in [0.2, 0.25) is 0 Å². The molecule has 1 aromatic carbocycles. The summed E-state index contributed by atoms with van der Waals surface area (Å²) in [5, 5.41) is 0. The number of anilines is 2. The Balaban J connectivity index is 2.21. The molecule has 1 saturated heterocycles. The van der Waals surface area contributed by atoms with E-state index in [0.717, 1.165) is 16.9 Å². The number of nitrogens with zero attached hydrogens (tertiary/aromatic N) is 1. The second-order valence-corrected chi connectivity index (χ2v) is 3.55. The molecule has 0 bridgehead atoms.